The minimum atomic E-state index is -0.669. The normalized spacial score (nSPS) is 10.7. The molecule has 1 aromatic carbocycles. The Hall–Kier alpha value is -3.56. The van der Waals surface area contributed by atoms with Gasteiger partial charge in [0.1, 0.15) is 5.69 Å². The first-order valence-corrected chi connectivity index (χ1v) is 7.36. The molecule has 10 heteroatoms. The van der Waals surface area contributed by atoms with Crippen molar-refractivity contribution < 1.29 is 9.59 Å². The first kappa shape index (κ1) is 16.3. The number of hydrogen-bond donors (Lipinski definition) is 2. The molecule has 0 atom stereocenters. The minimum Gasteiger partial charge on any atom is -0.364 e. The van der Waals surface area contributed by atoms with Gasteiger partial charge < -0.3 is 11.1 Å². The van der Waals surface area contributed by atoms with Crippen molar-refractivity contribution >= 4 is 17.5 Å². The fourth-order valence-electron chi connectivity index (χ4n) is 2.55. The van der Waals surface area contributed by atoms with Gasteiger partial charge in [0, 0.05) is 25.2 Å². The number of nitrogens with zero attached hydrogens (tertiary/aromatic N) is 6. The molecule has 128 valence electrons. The summed E-state index contributed by atoms with van der Waals surface area (Å²) in [6.45, 7) is 1.68. The molecule has 0 aliphatic heterocycles. The van der Waals surface area contributed by atoms with Gasteiger partial charge in [-0.15, -0.1) is 5.10 Å². The molecule has 2 heterocycles. The number of amides is 2. The van der Waals surface area contributed by atoms with Crippen LogP contribution < -0.4 is 11.1 Å². The number of tetrazole rings is 1. The first-order valence-electron chi connectivity index (χ1n) is 7.36. The Morgan fingerprint density at radius 2 is 1.96 bits per heavy atom. The predicted octanol–water partition coefficient (Wildman–Crippen LogP) is 0.270. The summed E-state index contributed by atoms with van der Waals surface area (Å²) < 4.78 is 2.85. The maximum Gasteiger partial charge on any atom is 0.269 e. The zero-order valence-electron chi connectivity index (χ0n) is 13.9. The van der Waals surface area contributed by atoms with Gasteiger partial charge in [-0.3, -0.25) is 14.3 Å². The van der Waals surface area contributed by atoms with Gasteiger partial charge in [-0.05, 0) is 29.5 Å². The third-order valence-corrected chi connectivity index (χ3v) is 3.70. The molecule has 0 saturated carbocycles. The van der Waals surface area contributed by atoms with Gasteiger partial charge in [0.15, 0.2) is 5.82 Å². The van der Waals surface area contributed by atoms with Crippen molar-refractivity contribution in [1.82, 2.24) is 30.0 Å². The van der Waals surface area contributed by atoms with E-state index in [4.69, 9.17) is 5.73 Å². The summed E-state index contributed by atoms with van der Waals surface area (Å²) in [7, 11) is 3.30. The molecule has 0 bridgehead atoms. The molecule has 0 aliphatic rings. The molecule has 3 rings (SSSR count). The van der Waals surface area contributed by atoms with Crippen LogP contribution in [0.5, 0.6) is 0 Å². The molecule has 0 radical (unpaired) electrons. The number of aryl methyl sites for hydroxylation is 3. The average molecular weight is 340 g/mol. The first-order chi connectivity index (χ1) is 11.9. The van der Waals surface area contributed by atoms with Crippen LogP contribution in [0, 0.1) is 6.92 Å². The summed E-state index contributed by atoms with van der Waals surface area (Å²) >= 11 is 0. The topological polar surface area (TPSA) is 134 Å². The van der Waals surface area contributed by atoms with E-state index >= 15 is 0 Å². The summed E-state index contributed by atoms with van der Waals surface area (Å²) in [5.74, 6) is -0.530. The van der Waals surface area contributed by atoms with Gasteiger partial charge in [0.25, 0.3) is 11.8 Å². The van der Waals surface area contributed by atoms with E-state index in [1.165, 1.54) is 9.36 Å². The smallest absolute Gasteiger partial charge is 0.269 e. The molecule has 0 saturated heterocycles. The Bertz CT molecular complexity index is 972. The number of primary amides is 1. The van der Waals surface area contributed by atoms with Crippen LogP contribution in [0.4, 0.5) is 5.69 Å². The largest absolute Gasteiger partial charge is 0.364 e. The van der Waals surface area contributed by atoms with Crippen LogP contribution in [-0.2, 0) is 14.1 Å². The number of carbonyl (C=O) groups excluding carboxylic acids is 2. The second kappa shape index (κ2) is 6.15. The number of aromatic nitrogens is 6. The quantitative estimate of drug-likeness (QED) is 0.700. The lowest BCUT2D eigenvalue weighted by Crippen LogP contribution is -2.20. The Morgan fingerprint density at radius 1 is 1.20 bits per heavy atom. The highest BCUT2D eigenvalue weighted by Crippen LogP contribution is 2.21. The van der Waals surface area contributed by atoms with E-state index in [0.29, 0.717) is 28.3 Å². The van der Waals surface area contributed by atoms with Crippen molar-refractivity contribution in [2.45, 2.75) is 6.92 Å². The zero-order chi connectivity index (χ0) is 18.1. The third-order valence-electron chi connectivity index (χ3n) is 3.70. The maximum atomic E-state index is 12.6. The summed E-state index contributed by atoms with van der Waals surface area (Å²) in [4.78, 5) is 24.2. The Labute approximate surface area is 142 Å². The van der Waals surface area contributed by atoms with Crippen LogP contribution in [0.15, 0.2) is 24.3 Å². The number of rotatable bonds is 4. The standard InChI is InChI=1S/C15H16N8O2/c1-8-11(12(13(16)24)22(2)19-8)17-15(25)10-6-4-5-9(7-10)14-18-20-21-23(14)3/h4-7H,1-3H3,(H2,16,24)(H,17,25). The molecule has 0 spiro atoms. The monoisotopic (exact) mass is 340 g/mol. The van der Waals surface area contributed by atoms with E-state index in [1.807, 2.05) is 0 Å². The molecule has 0 unspecified atom stereocenters. The van der Waals surface area contributed by atoms with E-state index in [1.54, 1.807) is 45.3 Å². The van der Waals surface area contributed by atoms with E-state index in [2.05, 4.69) is 25.9 Å². The van der Waals surface area contributed by atoms with Gasteiger partial charge in [0.05, 0.1) is 11.4 Å². The zero-order valence-corrected chi connectivity index (χ0v) is 13.9. The van der Waals surface area contributed by atoms with Crippen LogP contribution in [-0.4, -0.2) is 41.8 Å². The molecule has 0 aliphatic carbocycles. The van der Waals surface area contributed by atoms with Crippen molar-refractivity contribution in [2.75, 3.05) is 5.32 Å². The van der Waals surface area contributed by atoms with Gasteiger partial charge >= 0.3 is 0 Å². The van der Waals surface area contributed by atoms with Crippen LogP contribution in [0.2, 0.25) is 0 Å². The Balaban J connectivity index is 1.93. The fourth-order valence-corrected chi connectivity index (χ4v) is 2.55. The molecular formula is C15H16N8O2. The van der Waals surface area contributed by atoms with Crippen molar-refractivity contribution in [3.8, 4) is 11.4 Å². The van der Waals surface area contributed by atoms with Gasteiger partial charge in [-0.25, -0.2) is 4.68 Å². The van der Waals surface area contributed by atoms with Crippen molar-refractivity contribution in [3.05, 3.63) is 41.2 Å². The number of nitrogens with one attached hydrogen (secondary N) is 1. The number of benzene rings is 1. The highest BCUT2D eigenvalue weighted by atomic mass is 16.2. The fraction of sp³-hybridized carbons (Fsp3) is 0.200. The lowest BCUT2D eigenvalue weighted by molar-refractivity contribution is 0.0992. The third kappa shape index (κ3) is 2.96. The molecule has 2 amide bonds. The molecule has 25 heavy (non-hydrogen) atoms. The number of anilines is 1. The number of hydrogen-bond acceptors (Lipinski definition) is 6. The van der Waals surface area contributed by atoms with Crippen molar-refractivity contribution in [3.63, 3.8) is 0 Å². The second-order valence-corrected chi connectivity index (χ2v) is 5.46. The highest BCUT2D eigenvalue weighted by molar-refractivity contribution is 6.09. The Kier molecular flexibility index (Phi) is 4.01. The van der Waals surface area contributed by atoms with Crippen LogP contribution in [0.1, 0.15) is 26.5 Å². The summed E-state index contributed by atoms with van der Waals surface area (Å²) in [5, 5.41) is 18.1. The van der Waals surface area contributed by atoms with Crippen molar-refractivity contribution in [1.29, 1.82) is 0 Å². The minimum absolute atomic E-state index is 0.138. The second-order valence-electron chi connectivity index (χ2n) is 5.46. The van der Waals surface area contributed by atoms with Gasteiger partial charge in [-0.1, -0.05) is 12.1 Å². The van der Waals surface area contributed by atoms with E-state index in [0.717, 1.165) is 0 Å². The van der Waals surface area contributed by atoms with E-state index in [-0.39, 0.29) is 5.69 Å². The van der Waals surface area contributed by atoms with Crippen molar-refractivity contribution in [2.24, 2.45) is 19.8 Å². The Morgan fingerprint density at radius 3 is 2.60 bits per heavy atom. The van der Waals surface area contributed by atoms with E-state index in [9.17, 15) is 9.59 Å². The average Bonchev–Trinajstić information content (AvgIpc) is 3.10. The molecule has 10 nitrogen and oxygen atoms in total. The lowest BCUT2D eigenvalue weighted by Gasteiger charge is -2.07. The summed E-state index contributed by atoms with van der Waals surface area (Å²) in [6, 6.07) is 6.84. The van der Waals surface area contributed by atoms with Gasteiger partial charge in [-0.2, -0.15) is 5.10 Å². The predicted molar refractivity (Wildman–Crippen MR) is 88.7 cm³/mol. The summed E-state index contributed by atoms with van der Waals surface area (Å²) in [6.07, 6.45) is 0. The van der Waals surface area contributed by atoms with Gasteiger partial charge in [0.2, 0.25) is 0 Å². The lowest BCUT2D eigenvalue weighted by atomic mass is 10.1. The maximum absolute atomic E-state index is 12.6. The van der Waals surface area contributed by atoms with Crippen LogP contribution in [0.3, 0.4) is 0 Å². The molecule has 2 aromatic heterocycles. The summed E-state index contributed by atoms with van der Waals surface area (Å²) in [5.41, 5.74) is 7.39. The number of nitrogens with two attached hydrogens (primary N) is 1. The highest BCUT2D eigenvalue weighted by Gasteiger charge is 2.20. The molecule has 3 aromatic rings. The number of carbonyl (C=O) groups is 2. The van der Waals surface area contributed by atoms with E-state index < -0.39 is 11.8 Å². The molecule has 0 fully saturated rings. The SMILES string of the molecule is Cc1nn(C)c(C(N)=O)c1NC(=O)c1cccc(-c2nnnn2C)c1. The van der Waals surface area contributed by atoms with Crippen LogP contribution >= 0.6 is 0 Å². The van der Waals surface area contributed by atoms with Crippen LogP contribution in [0.25, 0.3) is 11.4 Å². The molecular weight excluding hydrogens is 324 g/mol. The molecule has 3 N–H and O–H groups in total.